The molecule has 0 radical (unpaired) electrons. The molecular formula is C112H75N13. The summed E-state index contributed by atoms with van der Waals surface area (Å²) < 4.78 is 0. The fourth-order valence-corrected chi connectivity index (χ4v) is 15.6. The molecule has 0 aliphatic heterocycles. The summed E-state index contributed by atoms with van der Waals surface area (Å²) in [5.41, 5.74) is 29.9. The lowest BCUT2D eigenvalue weighted by Crippen LogP contribution is -1.97. The van der Waals surface area contributed by atoms with E-state index in [0.717, 1.165) is 180 Å². The molecule has 12 heterocycles. The van der Waals surface area contributed by atoms with Crippen LogP contribution in [0, 0.1) is 6.92 Å². The van der Waals surface area contributed by atoms with Crippen LogP contribution in [-0.2, 0) is 0 Å². The fraction of sp³-hybridized carbons (Fsp3) is 0.00893. The van der Waals surface area contributed by atoms with Gasteiger partial charge >= 0.3 is 0 Å². The van der Waals surface area contributed by atoms with Gasteiger partial charge in [0, 0.05) is 81.3 Å². The van der Waals surface area contributed by atoms with Gasteiger partial charge < -0.3 is 0 Å². The Morgan fingerprint density at radius 1 is 0.160 bits per heavy atom. The topological polar surface area (TPSA) is 168 Å². The van der Waals surface area contributed by atoms with Gasteiger partial charge in [0.1, 0.15) is 0 Å². The minimum atomic E-state index is 0.620. The molecule has 0 fully saturated rings. The molecule has 0 bridgehead atoms. The van der Waals surface area contributed by atoms with Crippen LogP contribution in [0.5, 0.6) is 0 Å². The first-order valence-electron chi connectivity index (χ1n) is 41.4. The highest BCUT2D eigenvalue weighted by atomic mass is 14.9. The lowest BCUT2D eigenvalue weighted by Gasteiger charge is -2.12. The van der Waals surface area contributed by atoms with Crippen molar-refractivity contribution in [1.29, 1.82) is 0 Å². The Morgan fingerprint density at radius 2 is 0.480 bits per heavy atom. The molecule has 0 amide bonds. The number of nitrogens with zero attached hydrogens (tertiary/aromatic N) is 13. The Balaban J connectivity index is 0.000000119. The van der Waals surface area contributed by atoms with E-state index in [1.54, 1.807) is 18.6 Å². The number of hydrogen-bond acceptors (Lipinski definition) is 13. The summed E-state index contributed by atoms with van der Waals surface area (Å²) in [4.78, 5) is 63.2. The van der Waals surface area contributed by atoms with Gasteiger partial charge in [0.05, 0.1) is 102 Å². The number of hydrogen-bond donors (Lipinski definition) is 0. The van der Waals surface area contributed by atoms with Crippen LogP contribution >= 0.6 is 0 Å². The third-order valence-electron chi connectivity index (χ3n) is 22.0. The molecule has 0 saturated carbocycles. The minimum Gasteiger partial charge on any atom is -0.255 e. The average molecular weight is 1600 g/mol. The first kappa shape index (κ1) is 76.6. The summed E-state index contributed by atoms with van der Waals surface area (Å²) in [7, 11) is 0. The molecule has 10 aromatic carbocycles. The zero-order chi connectivity index (χ0) is 83.6. The van der Waals surface area contributed by atoms with Crippen LogP contribution in [0.2, 0.25) is 0 Å². The SMILES string of the molecule is Cc1ccc(-c2cc(-c3ccccn3)nc(-c3ccc(-c4nc(-c5ccccc5)cc(-c5ccccc5)n4)cn3)c2)cc1.c1ccc(-c2cc(-c3ccccn3)nc(-c3ccc(-c4cc5ccccc5c5ccccc45)cn3)c2)cc1.c1ccc(-c2cc(-c3ccccn3)nc(-c3ccc(-c4ccc5ccc6ccc(-c7ccccc7)nc6c5n4)cn3)c2)cc1. The number of fused-ring (bicyclic) bond motifs is 6. The van der Waals surface area contributed by atoms with Crippen LogP contribution in [0.15, 0.2) is 438 Å². The normalized spacial score (nSPS) is 11.1. The van der Waals surface area contributed by atoms with E-state index in [1.807, 2.05) is 182 Å². The molecular weight excluding hydrogens is 1530 g/mol. The standard InChI is InChI=1S/C39H25N5.C38H27N5.C35H23N3/c1-3-9-26(10-4-1)31-23-36(34-13-7-8-22-40-34)42-37(24-31)35-21-18-30(25-41-35)33-20-17-29-15-14-28-16-19-32(27-11-5-2-6-12-27)43-38(28)39(29)44-33;1-26-15-17-27(18-16-26)31-22-36(32-14-8-9-21-39-32)41-37(23-31)33-20-19-30(25-40-33)38-42-34(28-10-4-2-5-11-28)24-35(43-38)29-12-6-3-7-13-29;1-2-10-24(11-3-1)27-21-34(32-16-8-9-19-36-32)38-35(22-27)33-18-17-26(23-37-33)31-20-25-12-4-5-13-28(25)29-14-6-7-15-30(29)31/h1-25H;2-25H,1H3;1-23H. The van der Waals surface area contributed by atoms with Crippen molar-refractivity contribution in [2.45, 2.75) is 6.92 Å². The summed E-state index contributed by atoms with van der Waals surface area (Å²) in [5, 5.41) is 7.07. The maximum atomic E-state index is 5.09. The lowest BCUT2D eigenvalue weighted by atomic mass is 9.94. The zero-order valence-corrected chi connectivity index (χ0v) is 67.9. The first-order valence-corrected chi connectivity index (χ1v) is 41.4. The molecule has 0 atom stereocenters. The molecule has 0 spiro atoms. The van der Waals surface area contributed by atoms with Gasteiger partial charge in [-0.25, -0.2) is 34.9 Å². The van der Waals surface area contributed by atoms with Crippen molar-refractivity contribution in [2.75, 3.05) is 0 Å². The maximum Gasteiger partial charge on any atom is 0.161 e. The van der Waals surface area contributed by atoms with Crippen LogP contribution in [-0.4, -0.2) is 64.8 Å². The molecule has 0 unspecified atom stereocenters. The second kappa shape index (κ2) is 35.1. The van der Waals surface area contributed by atoms with Gasteiger partial charge in [-0.05, 0) is 195 Å². The lowest BCUT2D eigenvalue weighted by molar-refractivity contribution is 1.17. The molecule has 13 nitrogen and oxygen atoms in total. The summed E-state index contributed by atoms with van der Waals surface area (Å²) in [6, 6.07) is 136. The van der Waals surface area contributed by atoms with Gasteiger partial charge in [-0.1, -0.05) is 279 Å². The molecule has 125 heavy (non-hydrogen) atoms. The summed E-state index contributed by atoms with van der Waals surface area (Å²) in [6.45, 7) is 2.09. The van der Waals surface area contributed by atoms with E-state index in [9.17, 15) is 0 Å². The molecule has 13 heteroatoms. The molecule has 22 aromatic rings. The second-order valence-corrected chi connectivity index (χ2v) is 30.3. The Kier molecular flexibility index (Phi) is 21.5. The molecule has 12 aromatic heterocycles. The van der Waals surface area contributed by atoms with Gasteiger partial charge in [0.2, 0.25) is 0 Å². The zero-order valence-electron chi connectivity index (χ0n) is 67.9. The number of pyridine rings is 11. The van der Waals surface area contributed by atoms with Crippen molar-refractivity contribution in [3.63, 3.8) is 0 Å². The fourth-order valence-electron chi connectivity index (χ4n) is 15.6. The van der Waals surface area contributed by atoms with Gasteiger partial charge in [0.15, 0.2) is 5.82 Å². The van der Waals surface area contributed by atoms with Crippen molar-refractivity contribution in [3.8, 4) is 169 Å². The predicted molar refractivity (Wildman–Crippen MR) is 507 cm³/mol. The van der Waals surface area contributed by atoms with Crippen molar-refractivity contribution < 1.29 is 0 Å². The van der Waals surface area contributed by atoms with E-state index in [2.05, 4.69) is 258 Å². The monoisotopic (exact) mass is 1600 g/mol. The molecule has 588 valence electrons. The van der Waals surface area contributed by atoms with Gasteiger partial charge in [0.25, 0.3) is 0 Å². The Bertz CT molecular complexity index is 7400. The quantitative estimate of drug-likeness (QED) is 0.0890. The van der Waals surface area contributed by atoms with Crippen LogP contribution in [0.25, 0.3) is 213 Å². The number of benzene rings is 10. The smallest absolute Gasteiger partial charge is 0.161 e. The third kappa shape index (κ3) is 16.9. The molecule has 0 aliphatic carbocycles. The molecule has 22 rings (SSSR count). The summed E-state index contributed by atoms with van der Waals surface area (Å²) in [6.07, 6.45) is 11.0. The van der Waals surface area contributed by atoms with Crippen molar-refractivity contribution in [1.82, 2.24) is 64.8 Å². The van der Waals surface area contributed by atoms with Crippen LogP contribution in [0.1, 0.15) is 5.56 Å². The largest absolute Gasteiger partial charge is 0.255 e. The van der Waals surface area contributed by atoms with Gasteiger partial charge in [-0.15, -0.1) is 0 Å². The number of aryl methyl sites for hydroxylation is 1. The Labute approximate surface area is 722 Å². The van der Waals surface area contributed by atoms with Crippen LogP contribution < -0.4 is 0 Å². The number of rotatable bonds is 15. The summed E-state index contributed by atoms with van der Waals surface area (Å²) in [5.74, 6) is 0.620. The highest BCUT2D eigenvalue weighted by Gasteiger charge is 2.19. The predicted octanol–water partition coefficient (Wildman–Crippen LogP) is 27.1. The van der Waals surface area contributed by atoms with Gasteiger partial charge in [-0.2, -0.15) is 0 Å². The van der Waals surface area contributed by atoms with E-state index >= 15 is 0 Å². The highest BCUT2D eigenvalue weighted by molar-refractivity contribution is 6.14. The molecule has 0 N–H and O–H groups in total. The van der Waals surface area contributed by atoms with Crippen LogP contribution in [0.3, 0.4) is 0 Å². The highest BCUT2D eigenvalue weighted by Crippen LogP contribution is 2.39. The third-order valence-corrected chi connectivity index (χ3v) is 22.0. The van der Waals surface area contributed by atoms with E-state index in [1.165, 1.54) is 32.7 Å². The van der Waals surface area contributed by atoms with E-state index in [-0.39, 0.29) is 0 Å². The van der Waals surface area contributed by atoms with E-state index in [0.29, 0.717) is 5.82 Å². The Morgan fingerprint density at radius 3 is 0.888 bits per heavy atom. The maximum absolute atomic E-state index is 5.09. The minimum absolute atomic E-state index is 0.620. The van der Waals surface area contributed by atoms with E-state index in [4.69, 9.17) is 49.8 Å². The Hall–Kier alpha value is -17.0. The number of aromatic nitrogens is 13. The molecule has 0 aliphatic rings. The first-order chi connectivity index (χ1) is 61.8. The molecule has 0 saturated heterocycles. The average Bonchev–Trinajstić information content (AvgIpc) is 0.766. The van der Waals surface area contributed by atoms with Gasteiger partial charge in [-0.3, -0.25) is 29.9 Å². The van der Waals surface area contributed by atoms with Crippen molar-refractivity contribution >= 4 is 43.4 Å². The van der Waals surface area contributed by atoms with Crippen molar-refractivity contribution in [3.05, 3.63) is 443 Å². The van der Waals surface area contributed by atoms with Crippen molar-refractivity contribution in [2.24, 2.45) is 0 Å². The second-order valence-electron chi connectivity index (χ2n) is 30.3. The van der Waals surface area contributed by atoms with E-state index < -0.39 is 0 Å². The summed E-state index contributed by atoms with van der Waals surface area (Å²) >= 11 is 0. The van der Waals surface area contributed by atoms with Crippen LogP contribution in [0.4, 0.5) is 0 Å².